The molecule has 0 aliphatic heterocycles. The van der Waals surface area contributed by atoms with E-state index in [4.69, 9.17) is 34.7 Å². The molecule has 0 radical (unpaired) electrons. The molecule has 2 nitrogen and oxygen atoms in total. The quantitative estimate of drug-likeness (QED) is 0.566. The molecule has 0 aliphatic carbocycles. The Balaban J connectivity index is 2.11. The monoisotopic (exact) mass is 392 g/mol. The van der Waals surface area contributed by atoms with Crippen LogP contribution in [0.15, 0.2) is 48.5 Å². The SMILES string of the molecule is Nc1ccc(N)c(Cc2c(F)cccc2Cl)c1Cc1c(F)cccc1Cl. The van der Waals surface area contributed by atoms with Crippen LogP contribution < -0.4 is 11.5 Å². The molecule has 134 valence electrons. The average Bonchev–Trinajstić information content (AvgIpc) is 2.59. The topological polar surface area (TPSA) is 52.0 Å². The summed E-state index contributed by atoms with van der Waals surface area (Å²) >= 11 is 12.3. The van der Waals surface area contributed by atoms with Crippen LogP contribution >= 0.6 is 23.2 Å². The predicted molar refractivity (Wildman–Crippen MR) is 104 cm³/mol. The number of nitrogen functional groups attached to an aromatic ring is 2. The Morgan fingerprint density at radius 1 is 0.615 bits per heavy atom. The Bertz CT molecular complexity index is 855. The van der Waals surface area contributed by atoms with Gasteiger partial charge in [0.2, 0.25) is 0 Å². The van der Waals surface area contributed by atoms with Gasteiger partial charge in [-0.2, -0.15) is 0 Å². The van der Waals surface area contributed by atoms with Crippen molar-refractivity contribution in [3.63, 3.8) is 0 Å². The molecule has 0 bridgehead atoms. The average molecular weight is 393 g/mol. The fraction of sp³-hybridized carbons (Fsp3) is 0.100. The zero-order chi connectivity index (χ0) is 18.8. The van der Waals surface area contributed by atoms with Gasteiger partial charge < -0.3 is 11.5 Å². The summed E-state index contributed by atoms with van der Waals surface area (Å²) in [4.78, 5) is 0. The van der Waals surface area contributed by atoms with Gasteiger partial charge in [-0.3, -0.25) is 0 Å². The van der Waals surface area contributed by atoms with Crippen molar-refractivity contribution in [3.8, 4) is 0 Å². The zero-order valence-corrected chi connectivity index (χ0v) is 15.2. The van der Waals surface area contributed by atoms with Gasteiger partial charge in [0.25, 0.3) is 0 Å². The molecule has 0 amide bonds. The van der Waals surface area contributed by atoms with Crippen LogP contribution in [0.25, 0.3) is 0 Å². The van der Waals surface area contributed by atoms with Crippen LogP contribution in [-0.4, -0.2) is 0 Å². The van der Waals surface area contributed by atoms with Crippen molar-refractivity contribution in [2.45, 2.75) is 12.8 Å². The molecule has 6 heteroatoms. The third kappa shape index (κ3) is 3.62. The molecule has 3 rings (SSSR count). The highest BCUT2D eigenvalue weighted by Crippen LogP contribution is 2.33. The molecular weight excluding hydrogens is 377 g/mol. The second-order valence-electron chi connectivity index (χ2n) is 5.96. The second-order valence-corrected chi connectivity index (χ2v) is 6.77. The van der Waals surface area contributed by atoms with Crippen LogP contribution in [0.4, 0.5) is 20.2 Å². The lowest BCUT2D eigenvalue weighted by Gasteiger charge is -2.17. The van der Waals surface area contributed by atoms with E-state index in [0.29, 0.717) is 43.7 Å². The molecule has 4 N–H and O–H groups in total. The van der Waals surface area contributed by atoms with Crippen LogP contribution in [0.5, 0.6) is 0 Å². The number of rotatable bonds is 4. The van der Waals surface area contributed by atoms with E-state index >= 15 is 0 Å². The second kappa shape index (κ2) is 7.52. The smallest absolute Gasteiger partial charge is 0.128 e. The highest BCUT2D eigenvalue weighted by molar-refractivity contribution is 6.31. The third-order valence-electron chi connectivity index (χ3n) is 4.33. The van der Waals surface area contributed by atoms with Gasteiger partial charge in [0.05, 0.1) is 0 Å². The summed E-state index contributed by atoms with van der Waals surface area (Å²) in [6.07, 6.45) is 0.285. The lowest BCUT2D eigenvalue weighted by molar-refractivity contribution is 0.611. The number of hydrogen-bond donors (Lipinski definition) is 2. The molecule has 0 fully saturated rings. The van der Waals surface area contributed by atoms with Crippen molar-refractivity contribution in [2.75, 3.05) is 11.5 Å². The van der Waals surface area contributed by atoms with Crippen molar-refractivity contribution in [1.29, 1.82) is 0 Å². The number of halogens is 4. The molecule has 0 saturated heterocycles. The van der Waals surface area contributed by atoms with Crippen LogP contribution in [0.2, 0.25) is 10.0 Å². The fourth-order valence-electron chi connectivity index (χ4n) is 2.90. The Kier molecular flexibility index (Phi) is 5.35. The summed E-state index contributed by atoms with van der Waals surface area (Å²) < 4.78 is 28.4. The number of hydrogen-bond acceptors (Lipinski definition) is 2. The molecule has 26 heavy (non-hydrogen) atoms. The summed E-state index contributed by atoms with van der Waals surface area (Å²) in [6.45, 7) is 0. The normalized spacial score (nSPS) is 10.9. The molecule has 0 spiro atoms. The zero-order valence-electron chi connectivity index (χ0n) is 13.7. The molecular formula is C20H16Cl2F2N2. The Morgan fingerprint density at radius 2 is 1.00 bits per heavy atom. The van der Waals surface area contributed by atoms with Crippen LogP contribution in [0.3, 0.4) is 0 Å². The van der Waals surface area contributed by atoms with Gasteiger partial charge in [-0.25, -0.2) is 8.78 Å². The van der Waals surface area contributed by atoms with E-state index in [1.54, 1.807) is 24.3 Å². The van der Waals surface area contributed by atoms with Crippen molar-refractivity contribution in [1.82, 2.24) is 0 Å². The maximum Gasteiger partial charge on any atom is 0.128 e. The first kappa shape index (κ1) is 18.5. The minimum absolute atomic E-state index is 0.143. The molecule has 3 aromatic carbocycles. The van der Waals surface area contributed by atoms with Crippen molar-refractivity contribution in [3.05, 3.63) is 92.5 Å². The standard InChI is InChI=1S/C20H16Cl2F2N2/c21-15-3-1-5-17(23)13(15)9-11-12(20(26)8-7-19(11)25)10-14-16(22)4-2-6-18(14)24/h1-8H,9-10,25-26H2. The van der Waals surface area contributed by atoms with E-state index in [1.807, 2.05) is 0 Å². The first-order valence-electron chi connectivity index (χ1n) is 7.90. The minimum Gasteiger partial charge on any atom is -0.398 e. The van der Waals surface area contributed by atoms with Gasteiger partial charge in [0.15, 0.2) is 0 Å². The molecule has 3 aromatic rings. The van der Waals surface area contributed by atoms with Gasteiger partial charge in [0, 0.05) is 45.4 Å². The predicted octanol–water partition coefficient (Wildman–Crippen LogP) is 5.62. The van der Waals surface area contributed by atoms with Gasteiger partial charge >= 0.3 is 0 Å². The first-order chi connectivity index (χ1) is 12.4. The minimum atomic E-state index is -0.436. The summed E-state index contributed by atoms with van der Waals surface area (Å²) in [5.41, 5.74) is 14.9. The summed E-state index contributed by atoms with van der Waals surface area (Å²) in [5, 5.41) is 0.586. The molecule has 0 atom stereocenters. The summed E-state index contributed by atoms with van der Waals surface area (Å²) in [5.74, 6) is -0.872. The summed E-state index contributed by atoms with van der Waals surface area (Å²) in [7, 11) is 0. The van der Waals surface area contributed by atoms with Crippen LogP contribution in [0, 0.1) is 11.6 Å². The lowest BCUT2D eigenvalue weighted by Crippen LogP contribution is -2.08. The molecule has 0 aliphatic rings. The van der Waals surface area contributed by atoms with Crippen molar-refractivity contribution in [2.24, 2.45) is 0 Å². The van der Waals surface area contributed by atoms with E-state index in [9.17, 15) is 8.78 Å². The van der Waals surface area contributed by atoms with Gasteiger partial charge in [-0.15, -0.1) is 0 Å². The number of anilines is 2. The third-order valence-corrected chi connectivity index (χ3v) is 5.04. The van der Waals surface area contributed by atoms with E-state index in [0.717, 1.165) is 0 Å². The van der Waals surface area contributed by atoms with E-state index < -0.39 is 11.6 Å². The maximum absolute atomic E-state index is 14.2. The number of nitrogens with two attached hydrogens (primary N) is 2. The molecule has 0 saturated carbocycles. The number of benzene rings is 3. The Morgan fingerprint density at radius 3 is 1.35 bits per heavy atom. The van der Waals surface area contributed by atoms with Crippen molar-refractivity contribution >= 4 is 34.6 Å². The van der Waals surface area contributed by atoms with E-state index in [1.165, 1.54) is 24.3 Å². The molecule has 0 heterocycles. The van der Waals surface area contributed by atoms with Crippen LogP contribution in [0.1, 0.15) is 22.3 Å². The van der Waals surface area contributed by atoms with Crippen molar-refractivity contribution < 1.29 is 8.78 Å². The highest BCUT2D eigenvalue weighted by atomic mass is 35.5. The van der Waals surface area contributed by atoms with Gasteiger partial charge in [-0.1, -0.05) is 35.3 Å². The Hall–Kier alpha value is -2.30. The summed E-state index contributed by atoms with van der Waals surface area (Å²) in [6, 6.07) is 12.2. The largest absolute Gasteiger partial charge is 0.398 e. The molecule has 0 unspecified atom stereocenters. The highest BCUT2D eigenvalue weighted by Gasteiger charge is 2.18. The molecule has 0 aromatic heterocycles. The van der Waals surface area contributed by atoms with E-state index in [2.05, 4.69) is 0 Å². The van der Waals surface area contributed by atoms with E-state index in [-0.39, 0.29) is 12.8 Å². The van der Waals surface area contributed by atoms with Crippen LogP contribution in [-0.2, 0) is 12.8 Å². The van der Waals surface area contributed by atoms with Gasteiger partial charge in [-0.05, 0) is 47.5 Å². The fourth-order valence-corrected chi connectivity index (χ4v) is 3.36. The first-order valence-corrected chi connectivity index (χ1v) is 8.65. The Labute approximate surface area is 160 Å². The van der Waals surface area contributed by atoms with Gasteiger partial charge in [0.1, 0.15) is 11.6 Å². The lowest BCUT2D eigenvalue weighted by atomic mass is 9.92. The maximum atomic E-state index is 14.2.